The van der Waals surface area contributed by atoms with Gasteiger partial charge in [-0.05, 0) is 31.5 Å². The predicted molar refractivity (Wildman–Crippen MR) is 107 cm³/mol. The molecule has 3 aromatic rings. The van der Waals surface area contributed by atoms with Crippen molar-refractivity contribution in [2.75, 3.05) is 30.3 Å². The minimum atomic E-state index is -0.163. The molecule has 0 radical (unpaired) electrons. The van der Waals surface area contributed by atoms with Gasteiger partial charge < -0.3 is 21.3 Å². The maximum Gasteiger partial charge on any atom is 0.314 e. The third kappa shape index (κ3) is 4.98. The quantitative estimate of drug-likeness (QED) is 0.378. The molecule has 0 saturated carbocycles. The topological polar surface area (TPSA) is 120 Å². The van der Waals surface area contributed by atoms with E-state index in [2.05, 4.69) is 41.4 Å². The summed E-state index contributed by atoms with van der Waals surface area (Å²) >= 11 is 6.04. The molecule has 0 atom stereocenters. The van der Waals surface area contributed by atoms with E-state index in [0.717, 1.165) is 17.5 Å². The molecule has 0 aliphatic carbocycles. The van der Waals surface area contributed by atoms with Crippen LogP contribution in [0.15, 0.2) is 30.6 Å². The van der Waals surface area contributed by atoms with E-state index in [1.165, 1.54) is 6.33 Å². The Morgan fingerprint density at radius 2 is 2.07 bits per heavy atom. The lowest BCUT2D eigenvalue weighted by atomic mass is 10.3. The number of hydrogen-bond donors (Lipinski definition) is 5. The summed E-state index contributed by atoms with van der Waals surface area (Å²) in [5.74, 6) is 1.27. The van der Waals surface area contributed by atoms with Crippen LogP contribution in [0.2, 0.25) is 5.02 Å². The third-order valence-corrected chi connectivity index (χ3v) is 3.95. The predicted octanol–water partition coefficient (Wildman–Crippen LogP) is 2.87. The van der Waals surface area contributed by atoms with Gasteiger partial charge in [0.1, 0.15) is 17.5 Å². The van der Waals surface area contributed by atoms with Crippen LogP contribution < -0.4 is 21.3 Å². The van der Waals surface area contributed by atoms with Crippen LogP contribution in [0, 0.1) is 0 Å². The molecule has 27 heavy (non-hydrogen) atoms. The summed E-state index contributed by atoms with van der Waals surface area (Å²) < 4.78 is 0. The van der Waals surface area contributed by atoms with Crippen molar-refractivity contribution in [3.63, 3.8) is 0 Å². The number of aromatic nitrogens is 4. The lowest BCUT2D eigenvalue weighted by Gasteiger charge is -2.09. The van der Waals surface area contributed by atoms with Gasteiger partial charge >= 0.3 is 6.03 Å². The summed E-state index contributed by atoms with van der Waals surface area (Å²) in [5.41, 5.74) is 1.44. The number of anilines is 3. The SMILES string of the molecule is CCNC(=O)NCCCNc1n[nH]c2ncnc(Nc3cccc(Cl)c3)c12. The number of carbonyl (C=O) groups excluding carboxylic acids is 1. The van der Waals surface area contributed by atoms with E-state index in [-0.39, 0.29) is 6.03 Å². The van der Waals surface area contributed by atoms with Crippen LogP contribution in [0.1, 0.15) is 13.3 Å². The molecule has 0 saturated heterocycles. The number of urea groups is 1. The normalized spacial score (nSPS) is 10.6. The number of carbonyl (C=O) groups is 1. The maximum absolute atomic E-state index is 11.4. The fourth-order valence-corrected chi connectivity index (χ4v) is 2.70. The van der Waals surface area contributed by atoms with E-state index < -0.39 is 0 Å². The van der Waals surface area contributed by atoms with Crippen molar-refractivity contribution in [2.45, 2.75) is 13.3 Å². The van der Waals surface area contributed by atoms with E-state index in [1.54, 1.807) is 0 Å². The molecule has 2 heterocycles. The molecule has 0 fully saturated rings. The number of fused-ring (bicyclic) bond motifs is 1. The molecule has 5 N–H and O–H groups in total. The molecular weight excluding hydrogens is 368 g/mol. The van der Waals surface area contributed by atoms with Crippen LogP contribution in [0.25, 0.3) is 11.0 Å². The Morgan fingerprint density at radius 1 is 1.19 bits per heavy atom. The van der Waals surface area contributed by atoms with Gasteiger partial charge in [0.25, 0.3) is 0 Å². The third-order valence-electron chi connectivity index (χ3n) is 3.71. The number of nitrogens with zero attached hydrogens (tertiary/aromatic N) is 3. The van der Waals surface area contributed by atoms with Gasteiger partial charge in [-0.3, -0.25) is 5.10 Å². The monoisotopic (exact) mass is 388 g/mol. The molecule has 2 amide bonds. The molecule has 0 aliphatic rings. The zero-order chi connectivity index (χ0) is 19.1. The first kappa shape index (κ1) is 18.7. The lowest BCUT2D eigenvalue weighted by Crippen LogP contribution is -2.36. The van der Waals surface area contributed by atoms with Gasteiger partial charge in [0.15, 0.2) is 11.5 Å². The highest BCUT2D eigenvalue weighted by molar-refractivity contribution is 6.30. The Bertz CT molecular complexity index is 913. The van der Waals surface area contributed by atoms with Crippen LogP contribution in [-0.4, -0.2) is 45.8 Å². The minimum absolute atomic E-state index is 0.163. The van der Waals surface area contributed by atoms with E-state index in [4.69, 9.17) is 11.6 Å². The second kappa shape index (κ2) is 9.04. The fourth-order valence-electron chi connectivity index (χ4n) is 2.51. The van der Waals surface area contributed by atoms with Crippen LogP contribution >= 0.6 is 11.6 Å². The molecular formula is C17H21ClN8O. The van der Waals surface area contributed by atoms with Crippen molar-refractivity contribution in [1.82, 2.24) is 30.8 Å². The van der Waals surface area contributed by atoms with Gasteiger partial charge in [0.05, 0.1) is 0 Å². The van der Waals surface area contributed by atoms with E-state index in [0.29, 0.717) is 41.9 Å². The number of hydrogen-bond acceptors (Lipinski definition) is 6. The van der Waals surface area contributed by atoms with Crippen LogP contribution in [0.3, 0.4) is 0 Å². The van der Waals surface area contributed by atoms with E-state index >= 15 is 0 Å². The molecule has 2 aromatic heterocycles. The second-order valence-electron chi connectivity index (χ2n) is 5.72. The minimum Gasteiger partial charge on any atom is -0.368 e. The van der Waals surface area contributed by atoms with Gasteiger partial charge in [-0.15, -0.1) is 0 Å². The molecule has 0 bridgehead atoms. The van der Waals surface area contributed by atoms with Crippen molar-refractivity contribution in [3.05, 3.63) is 35.6 Å². The Hall–Kier alpha value is -3.07. The summed E-state index contributed by atoms with van der Waals surface area (Å²) in [7, 11) is 0. The number of halogens is 1. The lowest BCUT2D eigenvalue weighted by molar-refractivity contribution is 0.241. The number of benzene rings is 1. The number of rotatable bonds is 8. The first-order valence-corrected chi connectivity index (χ1v) is 9.02. The van der Waals surface area contributed by atoms with Crippen molar-refractivity contribution < 1.29 is 4.79 Å². The summed E-state index contributed by atoms with van der Waals surface area (Å²) in [4.78, 5) is 19.9. The van der Waals surface area contributed by atoms with E-state index in [9.17, 15) is 4.79 Å². The number of aromatic amines is 1. The van der Waals surface area contributed by atoms with Crippen molar-refractivity contribution in [3.8, 4) is 0 Å². The molecule has 9 nitrogen and oxygen atoms in total. The first-order chi connectivity index (χ1) is 13.2. The van der Waals surface area contributed by atoms with Gasteiger partial charge in [-0.2, -0.15) is 5.10 Å². The highest BCUT2D eigenvalue weighted by Gasteiger charge is 2.13. The van der Waals surface area contributed by atoms with Crippen LogP contribution in [-0.2, 0) is 0 Å². The highest BCUT2D eigenvalue weighted by atomic mass is 35.5. The molecule has 0 aliphatic heterocycles. The number of amides is 2. The van der Waals surface area contributed by atoms with Crippen molar-refractivity contribution in [1.29, 1.82) is 0 Å². The summed E-state index contributed by atoms with van der Waals surface area (Å²) in [5, 5.41) is 20.5. The van der Waals surface area contributed by atoms with Crippen LogP contribution in [0.5, 0.6) is 0 Å². The Morgan fingerprint density at radius 3 is 2.89 bits per heavy atom. The van der Waals surface area contributed by atoms with Crippen LogP contribution in [0.4, 0.5) is 22.1 Å². The molecule has 0 spiro atoms. The average Bonchev–Trinajstić information content (AvgIpc) is 3.06. The summed E-state index contributed by atoms with van der Waals surface area (Å²) in [6.45, 7) is 3.68. The van der Waals surface area contributed by atoms with Gasteiger partial charge in [-0.1, -0.05) is 17.7 Å². The highest BCUT2D eigenvalue weighted by Crippen LogP contribution is 2.28. The van der Waals surface area contributed by atoms with E-state index in [1.807, 2.05) is 31.2 Å². The Balaban J connectivity index is 1.65. The van der Waals surface area contributed by atoms with Crippen molar-refractivity contribution >= 4 is 46.0 Å². The van der Waals surface area contributed by atoms with Gasteiger partial charge in [0, 0.05) is 30.3 Å². The number of nitrogens with one attached hydrogen (secondary N) is 5. The molecule has 0 unspecified atom stereocenters. The Kier molecular flexibility index (Phi) is 6.26. The molecule has 142 valence electrons. The Labute approximate surface area is 161 Å². The second-order valence-corrected chi connectivity index (χ2v) is 6.16. The summed E-state index contributed by atoms with van der Waals surface area (Å²) in [6.07, 6.45) is 2.21. The zero-order valence-corrected chi connectivity index (χ0v) is 15.6. The zero-order valence-electron chi connectivity index (χ0n) is 14.8. The molecule has 3 rings (SSSR count). The van der Waals surface area contributed by atoms with Crippen molar-refractivity contribution in [2.24, 2.45) is 0 Å². The smallest absolute Gasteiger partial charge is 0.314 e. The number of H-pyrrole nitrogens is 1. The largest absolute Gasteiger partial charge is 0.368 e. The summed E-state index contributed by atoms with van der Waals surface area (Å²) in [6, 6.07) is 7.22. The molecule has 1 aromatic carbocycles. The van der Waals surface area contributed by atoms with Gasteiger partial charge in [-0.25, -0.2) is 14.8 Å². The maximum atomic E-state index is 11.4. The fraction of sp³-hybridized carbons (Fsp3) is 0.294. The average molecular weight is 389 g/mol. The standard InChI is InChI=1S/C17H21ClN8O/c1-2-19-17(27)21-8-4-7-20-15-13-14(22-10-23-16(13)26-25-15)24-12-6-3-5-11(18)9-12/h3,5-6,9-10H,2,4,7-8H2,1H3,(H2,19,21,27)(H3,20,22,23,24,25,26). The molecule has 10 heteroatoms. The first-order valence-electron chi connectivity index (χ1n) is 8.64. The van der Waals surface area contributed by atoms with Gasteiger partial charge in [0.2, 0.25) is 0 Å².